The van der Waals surface area contributed by atoms with Crippen molar-refractivity contribution in [2.75, 3.05) is 19.6 Å². The van der Waals surface area contributed by atoms with Gasteiger partial charge in [-0.15, -0.1) is 0 Å². The van der Waals surface area contributed by atoms with Crippen LogP contribution in [0.2, 0.25) is 0 Å². The summed E-state index contributed by atoms with van der Waals surface area (Å²) in [5.41, 5.74) is 0. The maximum absolute atomic E-state index is 10.4. The summed E-state index contributed by atoms with van der Waals surface area (Å²) in [6.45, 7) is 3.25. The third-order valence-corrected chi connectivity index (χ3v) is 3.49. The first-order valence-electron chi connectivity index (χ1n) is 5.68. The number of hydrogen-bond donors (Lipinski definition) is 1. The molecule has 80 valence electrons. The number of rotatable bonds is 4. The topological polar surface area (TPSA) is 40.5 Å². The second-order valence-electron chi connectivity index (χ2n) is 4.83. The zero-order valence-electron chi connectivity index (χ0n) is 8.61. The van der Waals surface area contributed by atoms with Gasteiger partial charge >= 0.3 is 5.97 Å². The van der Waals surface area contributed by atoms with Crippen molar-refractivity contribution in [3.63, 3.8) is 0 Å². The highest BCUT2D eigenvalue weighted by atomic mass is 16.4. The number of hydrogen-bond acceptors (Lipinski definition) is 2. The summed E-state index contributed by atoms with van der Waals surface area (Å²) in [5.74, 6) is 0.685. The molecule has 1 aliphatic heterocycles. The van der Waals surface area contributed by atoms with Gasteiger partial charge in [-0.05, 0) is 24.7 Å². The molecular weight excluding hydrogens is 178 g/mol. The van der Waals surface area contributed by atoms with E-state index in [-0.39, 0.29) is 0 Å². The lowest BCUT2D eigenvalue weighted by atomic mass is 9.94. The lowest BCUT2D eigenvalue weighted by molar-refractivity contribution is -0.139. The first-order valence-corrected chi connectivity index (χ1v) is 5.68. The second-order valence-corrected chi connectivity index (χ2v) is 4.83. The summed E-state index contributed by atoms with van der Waals surface area (Å²) in [6.07, 6.45) is 5.94. The molecule has 0 spiro atoms. The van der Waals surface area contributed by atoms with Crippen LogP contribution in [0.1, 0.15) is 32.1 Å². The fourth-order valence-electron chi connectivity index (χ4n) is 2.76. The monoisotopic (exact) mass is 197 g/mol. The van der Waals surface area contributed by atoms with Crippen LogP contribution in [-0.2, 0) is 4.79 Å². The molecule has 1 heterocycles. The average molecular weight is 197 g/mol. The van der Waals surface area contributed by atoms with Crippen LogP contribution in [0.25, 0.3) is 0 Å². The van der Waals surface area contributed by atoms with Crippen LogP contribution in [0.4, 0.5) is 0 Å². The molecular formula is C11H19NO2. The van der Waals surface area contributed by atoms with Crippen LogP contribution < -0.4 is 0 Å². The maximum Gasteiger partial charge on any atom is 0.303 e. The molecule has 2 fully saturated rings. The van der Waals surface area contributed by atoms with E-state index in [1.807, 2.05) is 0 Å². The van der Waals surface area contributed by atoms with E-state index >= 15 is 0 Å². The molecule has 0 radical (unpaired) electrons. The van der Waals surface area contributed by atoms with E-state index in [9.17, 15) is 4.79 Å². The van der Waals surface area contributed by atoms with Gasteiger partial charge in [0.15, 0.2) is 0 Å². The number of carboxylic acids is 1. The van der Waals surface area contributed by atoms with E-state index in [0.717, 1.165) is 19.0 Å². The highest BCUT2D eigenvalue weighted by Gasteiger charge is 2.30. The van der Waals surface area contributed by atoms with Crippen molar-refractivity contribution in [2.45, 2.75) is 32.1 Å². The number of likely N-dealkylation sites (tertiary alicyclic amines) is 1. The molecule has 0 unspecified atom stereocenters. The van der Waals surface area contributed by atoms with Crippen LogP contribution in [0.5, 0.6) is 0 Å². The molecule has 1 aliphatic carbocycles. The van der Waals surface area contributed by atoms with E-state index < -0.39 is 5.97 Å². The fraction of sp³-hybridized carbons (Fsp3) is 0.909. The molecule has 0 aromatic rings. The van der Waals surface area contributed by atoms with Gasteiger partial charge < -0.3 is 10.0 Å². The quantitative estimate of drug-likeness (QED) is 0.744. The lowest BCUT2D eigenvalue weighted by Crippen LogP contribution is -2.49. The number of aliphatic carboxylic acids is 1. The van der Waals surface area contributed by atoms with Crippen LogP contribution in [0.3, 0.4) is 0 Å². The maximum atomic E-state index is 10.4. The minimum atomic E-state index is -0.643. The Morgan fingerprint density at radius 3 is 2.43 bits per heavy atom. The second kappa shape index (κ2) is 4.30. The van der Waals surface area contributed by atoms with Crippen LogP contribution in [-0.4, -0.2) is 35.6 Å². The molecule has 0 atom stereocenters. The molecule has 0 amide bonds. The van der Waals surface area contributed by atoms with E-state index in [4.69, 9.17) is 5.11 Å². The Morgan fingerprint density at radius 2 is 1.86 bits per heavy atom. The Morgan fingerprint density at radius 1 is 1.21 bits per heavy atom. The van der Waals surface area contributed by atoms with Crippen molar-refractivity contribution in [1.82, 2.24) is 4.90 Å². The van der Waals surface area contributed by atoms with Gasteiger partial charge in [0.2, 0.25) is 0 Å². The van der Waals surface area contributed by atoms with Crippen LogP contribution in [0.15, 0.2) is 0 Å². The highest BCUT2D eigenvalue weighted by Crippen LogP contribution is 2.28. The third kappa shape index (κ3) is 2.47. The van der Waals surface area contributed by atoms with Crippen LogP contribution in [0, 0.1) is 11.8 Å². The van der Waals surface area contributed by atoms with E-state index in [0.29, 0.717) is 12.3 Å². The van der Waals surface area contributed by atoms with E-state index in [1.165, 1.54) is 32.2 Å². The van der Waals surface area contributed by atoms with Gasteiger partial charge in [0.1, 0.15) is 0 Å². The van der Waals surface area contributed by atoms with Crippen LogP contribution >= 0.6 is 0 Å². The van der Waals surface area contributed by atoms with Gasteiger partial charge in [0, 0.05) is 19.6 Å². The molecule has 0 aromatic heterocycles. The minimum Gasteiger partial charge on any atom is -0.481 e. The first kappa shape index (κ1) is 9.97. The molecule has 3 heteroatoms. The zero-order chi connectivity index (χ0) is 9.97. The van der Waals surface area contributed by atoms with Crippen molar-refractivity contribution < 1.29 is 9.90 Å². The molecule has 14 heavy (non-hydrogen) atoms. The Kier molecular flexibility index (Phi) is 3.06. The van der Waals surface area contributed by atoms with Crippen molar-refractivity contribution in [2.24, 2.45) is 11.8 Å². The molecule has 2 aliphatic rings. The number of carboxylic acid groups (broad SMARTS) is 1. The molecule has 3 nitrogen and oxygen atoms in total. The first-order chi connectivity index (χ1) is 6.74. The summed E-state index contributed by atoms with van der Waals surface area (Å²) >= 11 is 0. The average Bonchev–Trinajstić information content (AvgIpc) is 2.52. The van der Waals surface area contributed by atoms with Gasteiger partial charge in [-0.25, -0.2) is 0 Å². The van der Waals surface area contributed by atoms with Crippen molar-refractivity contribution in [1.29, 1.82) is 0 Å². The third-order valence-electron chi connectivity index (χ3n) is 3.49. The smallest absolute Gasteiger partial charge is 0.303 e. The summed E-state index contributed by atoms with van der Waals surface area (Å²) in [6, 6.07) is 0. The minimum absolute atomic E-state index is 0.362. The summed E-state index contributed by atoms with van der Waals surface area (Å²) in [5, 5.41) is 8.60. The molecule has 0 bridgehead atoms. The van der Waals surface area contributed by atoms with Crippen molar-refractivity contribution >= 4 is 5.97 Å². The van der Waals surface area contributed by atoms with Gasteiger partial charge in [0.05, 0.1) is 6.42 Å². The lowest BCUT2D eigenvalue weighted by Gasteiger charge is -2.40. The Labute approximate surface area is 85.1 Å². The predicted octanol–water partition coefficient (Wildman–Crippen LogP) is 1.58. The summed E-state index contributed by atoms with van der Waals surface area (Å²) in [4.78, 5) is 12.9. The summed E-state index contributed by atoms with van der Waals surface area (Å²) < 4.78 is 0. The molecule has 1 saturated heterocycles. The fourth-order valence-corrected chi connectivity index (χ4v) is 2.76. The number of nitrogens with zero attached hydrogens (tertiary/aromatic N) is 1. The normalized spacial score (nSPS) is 25.1. The van der Waals surface area contributed by atoms with Gasteiger partial charge in [-0.1, -0.05) is 12.8 Å². The standard InChI is InChI=1S/C11H19NO2/c13-11(14)5-10-7-12(8-10)6-9-3-1-2-4-9/h9-10H,1-8H2,(H,13,14). The van der Waals surface area contributed by atoms with Gasteiger partial charge in [-0.2, -0.15) is 0 Å². The highest BCUT2D eigenvalue weighted by molar-refractivity contribution is 5.67. The Bertz CT molecular complexity index is 205. The zero-order valence-corrected chi connectivity index (χ0v) is 8.61. The van der Waals surface area contributed by atoms with Crippen molar-refractivity contribution in [3.8, 4) is 0 Å². The largest absolute Gasteiger partial charge is 0.481 e. The molecule has 0 aromatic carbocycles. The van der Waals surface area contributed by atoms with Crippen molar-refractivity contribution in [3.05, 3.63) is 0 Å². The van der Waals surface area contributed by atoms with E-state index in [2.05, 4.69) is 4.90 Å². The van der Waals surface area contributed by atoms with E-state index in [1.54, 1.807) is 0 Å². The Hall–Kier alpha value is -0.570. The number of carbonyl (C=O) groups is 1. The molecule has 2 rings (SSSR count). The molecule has 1 N–H and O–H groups in total. The summed E-state index contributed by atoms with van der Waals surface area (Å²) in [7, 11) is 0. The Balaban J connectivity index is 1.60. The van der Waals surface area contributed by atoms with Gasteiger partial charge in [0.25, 0.3) is 0 Å². The molecule has 1 saturated carbocycles. The van der Waals surface area contributed by atoms with Gasteiger partial charge in [-0.3, -0.25) is 4.79 Å². The SMILES string of the molecule is O=C(O)CC1CN(CC2CCCC2)C1. The predicted molar refractivity (Wildman–Crippen MR) is 54.1 cm³/mol.